The van der Waals surface area contributed by atoms with Gasteiger partial charge < -0.3 is 15.2 Å². The third kappa shape index (κ3) is 3.61. The highest BCUT2D eigenvalue weighted by Crippen LogP contribution is 2.32. The first-order chi connectivity index (χ1) is 14.3. The van der Waals surface area contributed by atoms with Crippen molar-refractivity contribution in [3.63, 3.8) is 0 Å². The summed E-state index contributed by atoms with van der Waals surface area (Å²) in [6.45, 7) is 6.19. The van der Waals surface area contributed by atoms with Crippen molar-refractivity contribution in [1.82, 2.24) is 14.9 Å². The third-order valence-corrected chi connectivity index (χ3v) is 5.91. The highest BCUT2D eigenvalue weighted by molar-refractivity contribution is 5.94. The number of amides is 2. The summed E-state index contributed by atoms with van der Waals surface area (Å²) in [7, 11) is 1.83. The molecule has 0 fully saturated rings. The SMILES string of the molecule is Cc1[nH]c2c(C)cccc2c1C(C)N(C)C(=O)C=Cc1cnc2c(c1)CCC(=O)N2. The maximum atomic E-state index is 12.9. The van der Waals surface area contributed by atoms with Crippen LogP contribution in [0.25, 0.3) is 17.0 Å². The molecule has 30 heavy (non-hydrogen) atoms. The van der Waals surface area contributed by atoms with Crippen molar-refractivity contribution < 1.29 is 9.59 Å². The quantitative estimate of drug-likeness (QED) is 0.639. The number of hydrogen-bond acceptors (Lipinski definition) is 3. The monoisotopic (exact) mass is 402 g/mol. The molecule has 1 atom stereocenters. The molecule has 1 aromatic carbocycles. The van der Waals surface area contributed by atoms with E-state index in [9.17, 15) is 9.59 Å². The van der Waals surface area contributed by atoms with Gasteiger partial charge in [-0.25, -0.2) is 4.98 Å². The molecule has 0 radical (unpaired) electrons. The molecule has 0 bridgehead atoms. The number of nitrogens with zero attached hydrogens (tertiary/aromatic N) is 2. The average molecular weight is 402 g/mol. The van der Waals surface area contributed by atoms with E-state index in [1.807, 2.05) is 20.0 Å². The molecule has 0 spiro atoms. The van der Waals surface area contributed by atoms with Crippen LogP contribution in [0.4, 0.5) is 5.82 Å². The van der Waals surface area contributed by atoms with Crippen LogP contribution in [0, 0.1) is 13.8 Å². The zero-order valence-corrected chi connectivity index (χ0v) is 17.7. The molecule has 3 heterocycles. The molecule has 0 aliphatic carbocycles. The van der Waals surface area contributed by atoms with Crippen molar-refractivity contribution in [3.05, 3.63) is 64.5 Å². The lowest BCUT2D eigenvalue weighted by molar-refractivity contribution is -0.126. The minimum atomic E-state index is -0.0745. The predicted molar refractivity (Wildman–Crippen MR) is 119 cm³/mol. The fourth-order valence-corrected chi connectivity index (χ4v) is 4.09. The Balaban J connectivity index is 1.53. The Morgan fingerprint density at radius 3 is 2.87 bits per heavy atom. The van der Waals surface area contributed by atoms with Gasteiger partial charge in [0, 0.05) is 47.9 Å². The van der Waals surface area contributed by atoms with Crippen molar-refractivity contribution in [2.24, 2.45) is 0 Å². The van der Waals surface area contributed by atoms with Gasteiger partial charge in [-0.3, -0.25) is 9.59 Å². The fourth-order valence-electron chi connectivity index (χ4n) is 4.09. The lowest BCUT2D eigenvalue weighted by Crippen LogP contribution is -2.28. The van der Waals surface area contributed by atoms with E-state index >= 15 is 0 Å². The molecule has 2 N–H and O–H groups in total. The van der Waals surface area contributed by atoms with Crippen LogP contribution in [-0.4, -0.2) is 33.7 Å². The van der Waals surface area contributed by atoms with E-state index < -0.39 is 0 Å². The van der Waals surface area contributed by atoms with E-state index in [0.717, 1.165) is 33.3 Å². The molecule has 3 aromatic rings. The van der Waals surface area contributed by atoms with Crippen molar-refractivity contribution in [2.45, 2.75) is 39.7 Å². The summed E-state index contributed by atoms with van der Waals surface area (Å²) < 4.78 is 0. The first-order valence-corrected chi connectivity index (χ1v) is 10.2. The number of aryl methyl sites for hydroxylation is 3. The summed E-state index contributed by atoms with van der Waals surface area (Å²) in [5.74, 6) is 0.535. The third-order valence-electron chi connectivity index (χ3n) is 5.91. The zero-order chi connectivity index (χ0) is 21.4. The minimum absolute atomic E-state index is 0.00755. The maximum absolute atomic E-state index is 12.9. The van der Waals surface area contributed by atoms with Gasteiger partial charge in [0.05, 0.1) is 6.04 Å². The van der Waals surface area contributed by atoms with Gasteiger partial charge in [0.25, 0.3) is 0 Å². The van der Waals surface area contributed by atoms with E-state index in [1.165, 1.54) is 5.56 Å². The van der Waals surface area contributed by atoms with Gasteiger partial charge in [-0.1, -0.05) is 18.2 Å². The molecule has 1 aliphatic heterocycles. The second kappa shape index (κ2) is 7.78. The molecule has 0 saturated carbocycles. The number of hydrogen-bond donors (Lipinski definition) is 2. The number of pyridine rings is 1. The molecule has 6 heteroatoms. The highest BCUT2D eigenvalue weighted by Gasteiger charge is 2.22. The number of likely N-dealkylation sites (N-methyl/N-ethyl adjacent to an activating group) is 1. The number of anilines is 1. The summed E-state index contributed by atoms with van der Waals surface area (Å²) >= 11 is 0. The molecule has 1 unspecified atom stereocenters. The summed E-state index contributed by atoms with van der Waals surface area (Å²) in [6, 6.07) is 8.14. The lowest BCUT2D eigenvalue weighted by atomic mass is 10.0. The predicted octanol–water partition coefficient (Wildman–Crippen LogP) is 4.30. The number of H-pyrrole nitrogens is 1. The standard InChI is InChI=1S/C24H26N4O2/c1-14-6-5-7-19-22(15(2)26-23(14)19)16(3)28(4)21(30)11-8-17-12-18-9-10-20(29)27-24(18)25-13-17/h5-8,11-13,16,26H,9-10H2,1-4H3,(H,25,27,29). The summed E-state index contributed by atoms with van der Waals surface area (Å²) in [5, 5.41) is 3.93. The fraction of sp³-hybridized carbons (Fsp3) is 0.292. The van der Waals surface area contributed by atoms with E-state index in [1.54, 1.807) is 23.2 Å². The van der Waals surface area contributed by atoms with Crippen molar-refractivity contribution >= 4 is 34.6 Å². The van der Waals surface area contributed by atoms with Gasteiger partial charge in [-0.2, -0.15) is 0 Å². The van der Waals surface area contributed by atoms with Crippen molar-refractivity contribution in [1.29, 1.82) is 0 Å². The first kappa shape index (κ1) is 19.9. The highest BCUT2D eigenvalue weighted by atomic mass is 16.2. The summed E-state index contributed by atoms with van der Waals surface area (Å²) in [4.78, 5) is 33.8. The molecule has 0 saturated heterocycles. The van der Waals surface area contributed by atoms with E-state index in [0.29, 0.717) is 18.7 Å². The number of para-hydroxylation sites is 1. The van der Waals surface area contributed by atoms with Crippen LogP contribution < -0.4 is 5.32 Å². The average Bonchev–Trinajstić information content (AvgIpc) is 3.08. The van der Waals surface area contributed by atoms with Crippen molar-refractivity contribution in [3.8, 4) is 0 Å². The van der Waals surface area contributed by atoms with E-state index in [4.69, 9.17) is 0 Å². The number of nitrogens with one attached hydrogen (secondary N) is 2. The molecule has 2 amide bonds. The number of aromatic amines is 1. The Bertz CT molecular complexity index is 1180. The zero-order valence-electron chi connectivity index (χ0n) is 17.7. The minimum Gasteiger partial charge on any atom is -0.358 e. The molecule has 2 aromatic heterocycles. The summed E-state index contributed by atoms with van der Waals surface area (Å²) in [5.41, 5.74) is 6.38. The number of aromatic nitrogens is 2. The molecule has 6 nitrogen and oxygen atoms in total. The van der Waals surface area contributed by atoms with Crippen LogP contribution in [-0.2, 0) is 16.0 Å². The van der Waals surface area contributed by atoms with E-state index in [2.05, 4.69) is 47.3 Å². The van der Waals surface area contributed by atoms with Crippen molar-refractivity contribution in [2.75, 3.05) is 12.4 Å². The topological polar surface area (TPSA) is 78.1 Å². The van der Waals surface area contributed by atoms with Gasteiger partial charge in [-0.05, 0) is 56.0 Å². The molecule has 4 rings (SSSR count). The smallest absolute Gasteiger partial charge is 0.246 e. The molecule has 1 aliphatic rings. The normalized spacial score (nSPS) is 14.6. The van der Waals surface area contributed by atoms with Crippen LogP contribution in [0.1, 0.15) is 47.3 Å². The number of rotatable bonds is 4. The second-order valence-electron chi connectivity index (χ2n) is 7.94. The van der Waals surface area contributed by atoms with Crippen LogP contribution in [0.5, 0.6) is 0 Å². The number of carbonyl (C=O) groups is 2. The van der Waals surface area contributed by atoms with Gasteiger partial charge >= 0.3 is 0 Å². The van der Waals surface area contributed by atoms with Crippen LogP contribution in [0.15, 0.2) is 36.5 Å². The van der Waals surface area contributed by atoms with Crippen LogP contribution in [0.3, 0.4) is 0 Å². The van der Waals surface area contributed by atoms with Gasteiger partial charge in [0.1, 0.15) is 5.82 Å². The van der Waals surface area contributed by atoms with Crippen LogP contribution in [0.2, 0.25) is 0 Å². The first-order valence-electron chi connectivity index (χ1n) is 10.2. The van der Waals surface area contributed by atoms with Gasteiger partial charge in [0.2, 0.25) is 11.8 Å². The van der Waals surface area contributed by atoms with Gasteiger partial charge in [-0.15, -0.1) is 0 Å². The van der Waals surface area contributed by atoms with E-state index in [-0.39, 0.29) is 17.9 Å². The summed E-state index contributed by atoms with van der Waals surface area (Å²) in [6.07, 6.45) is 6.16. The number of fused-ring (bicyclic) bond motifs is 2. The molecule has 154 valence electrons. The Labute approximate surface area is 176 Å². The second-order valence-corrected chi connectivity index (χ2v) is 7.94. The Kier molecular flexibility index (Phi) is 5.16. The lowest BCUT2D eigenvalue weighted by Gasteiger charge is -2.24. The van der Waals surface area contributed by atoms with Gasteiger partial charge in [0.15, 0.2) is 0 Å². The molecular formula is C24H26N4O2. The Morgan fingerprint density at radius 1 is 1.27 bits per heavy atom. The van der Waals surface area contributed by atoms with Crippen LogP contribution >= 0.6 is 0 Å². The number of carbonyl (C=O) groups excluding carboxylic acids is 2. The molecular weight excluding hydrogens is 376 g/mol. The maximum Gasteiger partial charge on any atom is 0.246 e. The Morgan fingerprint density at radius 2 is 2.07 bits per heavy atom. The largest absolute Gasteiger partial charge is 0.358 e. The number of benzene rings is 1. The Hall–Kier alpha value is -3.41.